The summed E-state index contributed by atoms with van der Waals surface area (Å²) in [6.07, 6.45) is 0.0522. The van der Waals surface area contributed by atoms with Crippen LogP contribution in [0.5, 0.6) is 11.5 Å². The minimum Gasteiger partial charge on any atom is -0.455 e. The van der Waals surface area contributed by atoms with Crippen molar-refractivity contribution in [1.29, 1.82) is 0 Å². The largest absolute Gasteiger partial charge is 0.455 e. The number of carbonyl (C=O) groups is 2. The smallest absolute Gasteiger partial charge is 0.325 e. The number of hydrogen-bond donors (Lipinski definition) is 3. The molecule has 1 aromatic heterocycles. The maximum Gasteiger partial charge on any atom is 0.325 e. The Labute approximate surface area is 199 Å². The molecule has 3 aromatic carbocycles. The number of urea groups is 1. The van der Waals surface area contributed by atoms with Gasteiger partial charge in [-0.25, -0.2) is 9.78 Å². The Morgan fingerprint density at radius 1 is 0.879 bits per heavy atom. The van der Waals surface area contributed by atoms with Gasteiger partial charge in [-0.15, -0.1) is 11.3 Å². The number of hydrogen-bond acceptors (Lipinski definition) is 5. The number of anilines is 3. The molecule has 0 bridgehead atoms. The van der Waals surface area contributed by atoms with E-state index in [-0.39, 0.29) is 12.3 Å². The zero-order valence-corrected chi connectivity index (χ0v) is 18.8. The monoisotopic (exact) mass is 478 g/mol. The van der Waals surface area contributed by atoms with E-state index in [4.69, 9.17) is 16.3 Å². The van der Waals surface area contributed by atoms with Gasteiger partial charge in [0.1, 0.15) is 5.75 Å². The fourth-order valence-corrected chi connectivity index (χ4v) is 3.70. The minimum atomic E-state index is -0.435. The van der Waals surface area contributed by atoms with Crippen molar-refractivity contribution in [1.82, 2.24) is 4.98 Å². The van der Waals surface area contributed by atoms with Gasteiger partial charge in [-0.1, -0.05) is 41.9 Å². The van der Waals surface area contributed by atoms with Gasteiger partial charge in [0.2, 0.25) is 5.91 Å². The summed E-state index contributed by atoms with van der Waals surface area (Å²) in [4.78, 5) is 29.0. The molecular formula is C24H19ClN4O3S. The second kappa shape index (κ2) is 10.6. The van der Waals surface area contributed by atoms with Gasteiger partial charge in [0, 0.05) is 16.1 Å². The third kappa shape index (κ3) is 6.55. The number of carbonyl (C=O) groups excluding carboxylic acids is 2. The topological polar surface area (TPSA) is 92.4 Å². The van der Waals surface area contributed by atoms with Crippen LogP contribution in [0, 0.1) is 0 Å². The van der Waals surface area contributed by atoms with Gasteiger partial charge in [-0.05, 0) is 48.5 Å². The van der Waals surface area contributed by atoms with Crippen LogP contribution in [0.2, 0.25) is 5.02 Å². The molecule has 3 amide bonds. The van der Waals surface area contributed by atoms with Crippen molar-refractivity contribution >= 4 is 51.4 Å². The molecule has 0 spiro atoms. The first kappa shape index (κ1) is 22.3. The second-order valence-electron chi connectivity index (χ2n) is 6.87. The number of rotatable bonds is 7. The molecule has 0 unspecified atom stereocenters. The van der Waals surface area contributed by atoms with Crippen molar-refractivity contribution in [3.05, 3.63) is 95.0 Å². The number of amides is 3. The van der Waals surface area contributed by atoms with E-state index in [2.05, 4.69) is 20.9 Å². The zero-order chi connectivity index (χ0) is 23.0. The highest BCUT2D eigenvalue weighted by atomic mass is 35.5. The molecule has 3 N–H and O–H groups in total. The Balaban J connectivity index is 1.33. The number of benzene rings is 3. The van der Waals surface area contributed by atoms with Crippen molar-refractivity contribution < 1.29 is 14.3 Å². The number of nitrogens with zero attached hydrogens (tertiary/aromatic N) is 1. The first-order chi connectivity index (χ1) is 16.0. The Morgan fingerprint density at radius 2 is 1.61 bits per heavy atom. The first-order valence-electron chi connectivity index (χ1n) is 9.95. The summed E-state index contributed by atoms with van der Waals surface area (Å²) >= 11 is 7.08. The minimum absolute atomic E-state index is 0.0522. The van der Waals surface area contributed by atoms with Crippen LogP contribution in [0.3, 0.4) is 0 Å². The predicted molar refractivity (Wildman–Crippen MR) is 131 cm³/mol. The summed E-state index contributed by atoms with van der Waals surface area (Å²) in [6, 6.07) is 22.8. The SMILES string of the molecule is O=C(Cc1csc(NC(=O)Nc2ccc(Cl)cc2)n1)Nc1ccccc1Oc1ccccc1. The Kier molecular flexibility index (Phi) is 7.19. The third-order valence-electron chi connectivity index (χ3n) is 4.35. The summed E-state index contributed by atoms with van der Waals surface area (Å²) in [7, 11) is 0. The van der Waals surface area contributed by atoms with Gasteiger partial charge in [-0.3, -0.25) is 10.1 Å². The molecule has 9 heteroatoms. The zero-order valence-electron chi connectivity index (χ0n) is 17.2. The normalized spacial score (nSPS) is 10.3. The second-order valence-corrected chi connectivity index (χ2v) is 8.16. The van der Waals surface area contributed by atoms with E-state index in [0.717, 1.165) is 0 Å². The van der Waals surface area contributed by atoms with E-state index in [1.165, 1.54) is 11.3 Å². The number of aromatic nitrogens is 1. The number of para-hydroxylation sites is 3. The Morgan fingerprint density at radius 3 is 2.39 bits per heavy atom. The van der Waals surface area contributed by atoms with Gasteiger partial charge in [0.05, 0.1) is 17.8 Å². The van der Waals surface area contributed by atoms with E-state index in [0.29, 0.717) is 38.7 Å². The third-order valence-corrected chi connectivity index (χ3v) is 5.41. The number of halogens is 1. The number of nitrogens with one attached hydrogen (secondary N) is 3. The van der Waals surface area contributed by atoms with Gasteiger partial charge < -0.3 is 15.4 Å². The fraction of sp³-hybridized carbons (Fsp3) is 0.0417. The molecule has 0 saturated carbocycles. The van der Waals surface area contributed by atoms with Crippen LogP contribution in [0.1, 0.15) is 5.69 Å². The van der Waals surface area contributed by atoms with Crippen LogP contribution < -0.4 is 20.7 Å². The lowest BCUT2D eigenvalue weighted by atomic mass is 10.2. The molecule has 0 fully saturated rings. The van der Waals surface area contributed by atoms with Crippen LogP contribution in [0.25, 0.3) is 0 Å². The van der Waals surface area contributed by atoms with Crippen LogP contribution in [-0.2, 0) is 11.2 Å². The van der Waals surface area contributed by atoms with Crippen molar-refractivity contribution in [2.75, 3.05) is 16.0 Å². The molecule has 0 aliphatic rings. The van der Waals surface area contributed by atoms with Crippen LogP contribution in [0.4, 0.5) is 21.3 Å². The molecule has 0 aliphatic heterocycles. The van der Waals surface area contributed by atoms with Crippen molar-refractivity contribution in [3.63, 3.8) is 0 Å². The molecule has 0 radical (unpaired) electrons. The lowest BCUT2D eigenvalue weighted by Gasteiger charge is -2.11. The highest BCUT2D eigenvalue weighted by Gasteiger charge is 2.13. The Hall–Kier alpha value is -3.88. The van der Waals surface area contributed by atoms with Crippen molar-refractivity contribution in [2.24, 2.45) is 0 Å². The standard InChI is InChI=1S/C24H19ClN4O3S/c25-16-10-12-17(13-11-16)26-23(31)29-24-27-18(15-33-24)14-22(30)28-20-8-4-5-9-21(20)32-19-6-2-1-3-7-19/h1-13,15H,14H2,(H,28,30)(H2,26,27,29,31). The molecule has 0 aliphatic carbocycles. The molecule has 1 heterocycles. The lowest BCUT2D eigenvalue weighted by molar-refractivity contribution is -0.115. The maximum atomic E-state index is 12.6. The molecule has 0 atom stereocenters. The van der Waals surface area contributed by atoms with Crippen LogP contribution in [0.15, 0.2) is 84.2 Å². The molecular weight excluding hydrogens is 460 g/mol. The fourth-order valence-electron chi connectivity index (χ4n) is 2.87. The molecule has 33 heavy (non-hydrogen) atoms. The van der Waals surface area contributed by atoms with Gasteiger partial charge in [-0.2, -0.15) is 0 Å². The molecule has 166 valence electrons. The molecule has 0 saturated heterocycles. The average molecular weight is 479 g/mol. The summed E-state index contributed by atoms with van der Waals surface area (Å²) < 4.78 is 5.87. The molecule has 4 rings (SSSR count). The summed E-state index contributed by atoms with van der Waals surface area (Å²) in [5.74, 6) is 0.962. The molecule has 4 aromatic rings. The summed E-state index contributed by atoms with van der Waals surface area (Å²) in [5, 5.41) is 10.9. The van der Waals surface area contributed by atoms with Gasteiger partial charge in [0.15, 0.2) is 10.9 Å². The highest BCUT2D eigenvalue weighted by molar-refractivity contribution is 7.14. The van der Waals surface area contributed by atoms with Crippen molar-refractivity contribution in [3.8, 4) is 11.5 Å². The quantitative estimate of drug-likeness (QED) is 0.286. The molecule has 7 nitrogen and oxygen atoms in total. The number of thiazole rings is 1. The lowest BCUT2D eigenvalue weighted by Crippen LogP contribution is -2.19. The van der Waals surface area contributed by atoms with Gasteiger partial charge >= 0.3 is 6.03 Å². The maximum absolute atomic E-state index is 12.6. The van der Waals surface area contributed by atoms with Crippen LogP contribution in [-0.4, -0.2) is 16.9 Å². The highest BCUT2D eigenvalue weighted by Crippen LogP contribution is 2.29. The van der Waals surface area contributed by atoms with E-state index in [1.54, 1.807) is 41.8 Å². The van der Waals surface area contributed by atoms with Gasteiger partial charge in [0.25, 0.3) is 0 Å². The van der Waals surface area contributed by atoms with E-state index >= 15 is 0 Å². The Bertz CT molecular complexity index is 1250. The van der Waals surface area contributed by atoms with Crippen LogP contribution >= 0.6 is 22.9 Å². The summed E-state index contributed by atoms with van der Waals surface area (Å²) in [6.45, 7) is 0. The number of ether oxygens (including phenoxy) is 1. The van der Waals surface area contributed by atoms with E-state index in [9.17, 15) is 9.59 Å². The van der Waals surface area contributed by atoms with Crippen molar-refractivity contribution in [2.45, 2.75) is 6.42 Å². The average Bonchev–Trinajstić information content (AvgIpc) is 3.23. The summed E-state index contributed by atoms with van der Waals surface area (Å²) in [5.41, 5.74) is 1.70. The predicted octanol–water partition coefficient (Wildman–Crippen LogP) is 6.41. The van der Waals surface area contributed by atoms with E-state index in [1.807, 2.05) is 42.5 Å². The first-order valence-corrected chi connectivity index (χ1v) is 11.2. The van der Waals surface area contributed by atoms with E-state index < -0.39 is 6.03 Å².